The number of aromatic nitrogens is 3. The van der Waals surface area contributed by atoms with Gasteiger partial charge in [-0.3, -0.25) is 14.7 Å². The number of amides is 3. The van der Waals surface area contributed by atoms with E-state index in [-0.39, 0.29) is 10.9 Å². The molecule has 1 fully saturated rings. The second kappa shape index (κ2) is 10.6. The van der Waals surface area contributed by atoms with E-state index in [1.807, 2.05) is 18.4 Å². The molecule has 0 radical (unpaired) electrons. The van der Waals surface area contributed by atoms with Crippen LogP contribution in [0.3, 0.4) is 0 Å². The van der Waals surface area contributed by atoms with Crippen molar-refractivity contribution in [2.75, 3.05) is 26.3 Å². The number of benzene rings is 1. The monoisotopic (exact) mass is 496 g/mol. The van der Waals surface area contributed by atoms with E-state index < -0.39 is 27.2 Å². The number of nitrogens with two attached hydrogens (primary N) is 1. The van der Waals surface area contributed by atoms with Gasteiger partial charge in [-0.25, -0.2) is 13.2 Å². The van der Waals surface area contributed by atoms with Crippen LogP contribution in [0.2, 0.25) is 0 Å². The zero-order valence-electron chi connectivity index (χ0n) is 18.7. The van der Waals surface area contributed by atoms with Crippen molar-refractivity contribution in [3.63, 3.8) is 0 Å². The molecule has 3 rings (SSSR count). The number of sulfonamides is 1. The van der Waals surface area contributed by atoms with E-state index in [9.17, 15) is 18.0 Å². The molecule has 11 nitrogen and oxygen atoms in total. The summed E-state index contributed by atoms with van der Waals surface area (Å²) in [4.78, 5) is 23.3. The van der Waals surface area contributed by atoms with Crippen LogP contribution in [0.15, 0.2) is 34.3 Å². The van der Waals surface area contributed by atoms with Crippen molar-refractivity contribution >= 4 is 33.7 Å². The van der Waals surface area contributed by atoms with E-state index in [0.717, 1.165) is 18.2 Å². The summed E-state index contributed by atoms with van der Waals surface area (Å²) in [6, 6.07) is 5.65. The fourth-order valence-corrected chi connectivity index (χ4v) is 5.70. The molecule has 1 saturated heterocycles. The number of imide groups is 1. The number of thioether (sulfide) groups is 1. The molecular weight excluding hydrogens is 468 g/mol. The lowest BCUT2D eigenvalue weighted by molar-refractivity contribution is -0.119. The Bertz CT molecular complexity index is 1110. The lowest BCUT2D eigenvalue weighted by atomic mass is 10.2. The van der Waals surface area contributed by atoms with Crippen molar-refractivity contribution in [3.05, 3.63) is 24.3 Å². The molecule has 0 bridgehead atoms. The summed E-state index contributed by atoms with van der Waals surface area (Å²) < 4.78 is 34.8. The summed E-state index contributed by atoms with van der Waals surface area (Å²) in [5.41, 5.74) is 5.63. The van der Waals surface area contributed by atoms with Crippen LogP contribution in [-0.2, 0) is 19.6 Å². The average Bonchev–Trinajstić information content (AvgIpc) is 3.22. The SMILES string of the molecule is CC[C@H](C)n1c(S[C@H](C)C(=O)NC(N)=O)nnc1-c1cccc(S(=O)(=O)N2CCOCC2)c1. The molecule has 1 aromatic heterocycles. The van der Waals surface area contributed by atoms with Gasteiger partial charge in [0.05, 0.1) is 23.4 Å². The van der Waals surface area contributed by atoms with Crippen molar-refractivity contribution in [2.45, 2.75) is 48.5 Å². The summed E-state index contributed by atoms with van der Waals surface area (Å²) in [6.45, 7) is 6.97. The summed E-state index contributed by atoms with van der Waals surface area (Å²) >= 11 is 1.14. The maximum absolute atomic E-state index is 13.1. The van der Waals surface area contributed by atoms with Crippen LogP contribution >= 0.6 is 11.8 Å². The fraction of sp³-hybridized carbons (Fsp3) is 0.500. The zero-order chi connectivity index (χ0) is 24.2. The van der Waals surface area contributed by atoms with Crippen molar-refractivity contribution < 1.29 is 22.7 Å². The number of hydrogen-bond acceptors (Lipinski definition) is 8. The van der Waals surface area contributed by atoms with Gasteiger partial charge in [-0.05, 0) is 32.4 Å². The molecule has 3 amide bonds. The van der Waals surface area contributed by atoms with Crippen LogP contribution < -0.4 is 11.1 Å². The van der Waals surface area contributed by atoms with Gasteiger partial charge in [-0.15, -0.1) is 10.2 Å². The number of primary amides is 1. The fourth-order valence-electron chi connectivity index (χ4n) is 3.30. The molecule has 1 aliphatic heterocycles. The second-order valence-corrected chi connectivity index (χ2v) is 10.8. The van der Waals surface area contributed by atoms with Crippen LogP contribution in [0.4, 0.5) is 4.79 Å². The summed E-state index contributed by atoms with van der Waals surface area (Å²) in [5.74, 6) is -0.0419. The van der Waals surface area contributed by atoms with Crippen LogP contribution in [0.5, 0.6) is 0 Å². The number of carbonyl (C=O) groups excluding carboxylic acids is 2. The third-order valence-electron chi connectivity index (χ3n) is 5.29. The van der Waals surface area contributed by atoms with Gasteiger partial charge in [-0.2, -0.15) is 4.31 Å². The molecule has 0 saturated carbocycles. The number of nitrogens with one attached hydrogen (secondary N) is 1. The van der Waals surface area contributed by atoms with Gasteiger partial charge in [0.15, 0.2) is 11.0 Å². The molecule has 0 spiro atoms. The Morgan fingerprint density at radius 3 is 2.58 bits per heavy atom. The van der Waals surface area contributed by atoms with Gasteiger partial charge >= 0.3 is 6.03 Å². The minimum absolute atomic E-state index is 0.0246. The number of hydrogen-bond donors (Lipinski definition) is 2. The summed E-state index contributed by atoms with van der Waals surface area (Å²) in [7, 11) is -3.67. The van der Waals surface area contributed by atoms with Gasteiger partial charge in [-0.1, -0.05) is 30.8 Å². The Kier molecular flexibility index (Phi) is 8.10. The van der Waals surface area contributed by atoms with E-state index in [2.05, 4.69) is 15.5 Å². The highest BCUT2D eigenvalue weighted by Crippen LogP contribution is 2.32. The highest BCUT2D eigenvalue weighted by molar-refractivity contribution is 8.00. The maximum atomic E-state index is 13.1. The standard InChI is InChI=1S/C20H28N6O5S2/c1-4-13(2)26-17(23-24-20(26)32-14(3)18(27)22-19(21)28)15-6-5-7-16(12-15)33(29,30)25-8-10-31-11-9-25/h5-7,12-14H,4,8-11H2,1-3H3,(H3,21,22,27,28)/t13-,14+/m0/s1. The molecule has 1 aliphatic rings. The van der Waals surface area contributed by atoms with Crippen molar-refractivity contribution in [3.8, 4) is 11.4 Å². The Morgan fingerprint density at radius 1 is 1.24 bits per heavy atom. The first kappa shape index (κ1) is 25.1. The molecule has 33 heavy (non-hydrogen) atoms. The molecule has 13 heteroatoms. The molecular formula is C20H28N6O5S2. The summed E-state index contributed by atoms with van der Waals surface area (Å²) in [5, 5.41) is 10.4. The molecule has 2 atom stereocenters. The minimum Gasteiger partial charge on any atom is -0.379 e. The molecule has 0 unspecified atom stereocenters. The number of ether oxygens (including phenoxy) is 1. The lowest BCUT2D eigenvalue weighted by Crippen LogP contribution is -2.40. The lowest BCUT2D eigenvalue weighted by Gasteiger charge is -2.26. The van der Waals surface area contributed by atoms with Crippen molar-refractivity contribution in [2.24, 2.45) is 5.73 Å². The zero-order valence-corrected chi connectivity index (χ0v) is 20.4. The molecule has 2 heterocycles. The molecule has 0 aliphatic carbocycles. The highest BCUT2D eigenvalue weighted by Gasteiger charge is 2.28. The molecule has 2 aromatic rings. The Labute approximate surface area is 197 Å². The number of carbonyl (C=O) groups is 2. The van der Waals surface area contributed by atoms with Crippen LogP contribution in [0, 0.1) is 0 Å². The van der Waals surface area contributed by atoms with Crippen molar-refractivity contribution in [1.29, 1.82) is 0 Å². The van der Waals surface area contributed by atoms with E-state index >= 15 is 0 Å². The van der Waals surface area contributed by atoms with E-state index in [0.29, 0.717) is 42.8 Å². The van der Waals surface area contributed by atoms with Gasteiger partial charge < -0.3 is 10.5 Å². The Balaban J connectivity index is 1.95. The van der Waals surface area contributed by atoms with E-state index in [4.69, 9.17) is 10.5 Å². The third-order valence-corrected chi connectivity index (χ3v) is 8.25. The van der Waals surface area contributed by atoms with Crippen molar-refractivity contribution in [1.82, 2.24) is 24.4 Å². The molecule has 3 N–H and O–H groups in total. The van der Waals surface area contributed by atoms with E-state index in [1.54, 1.807) is 31.2 Å². The Hall–Kier alpha value is -2.48. The predicted molar refractivity (Wildman–Crippen MR) is 123 cm³/mol. The quantitative estimate of drug-likeness (QED) is 0.524. The summed E-state index contributed by atoms with van der Waals surface area (Å²) in [6.07, 6.45) is 0.756. The Morgan fingerprint density at radius 2 is 1.94 bits per heavy atom. The van der Waals surface area contributed by atoms with Crippen LogP contribution in [-0.4, -0.2) is 71.0 Å². The average molecular weight is 497 g/mol. The topological polar surface area (TPSA) is 150 Å². The highest BCUT2D eigenvalue weighted by atomic mass is 32.2. The largest absolute Gasteiger partial charge is 0.379 e. The maximum Gasteiger partial charge on any atom is 0.318 e. The third kappa shape index (κ3) is 5.72. The first-order valence-corrected chi connectivity index (χ1v) is 12.9. The first-order valence-electron chi connectivity index (χ1n) is 10.5. The van der Waals surface area contributed by atoms with Gasteiger partial charge in [0.25, 0.3) is 0 Å². The number of morpholine rings is 1. The normalized spacial score (nSPS) is 16.8. The first-order chi connectivity index (χ1) is 15.6. The van der Waals surface area contributed by atoms with Crippen LogP contribution in [0.1, 0.15) is 33.2 Å². The molecule has 1 aromatic carbocycles. The predicted octanol–water partition coefficient (Wildman–Crippen LogP) is 1.61. The number of nitrogens with zero attached hydrogens (tertiary/aromatic N) is 4. The van der Waals surface area contributed by atoms with Gasteiger partial charge in [0, 0.05) is 24.7 Å². The van der Waals surface area contributed by atoms with Gasteiger partial charge in [0.1, 0.15) is 0 Å². The van der Waals surface area contributed by atoms with Crippen LogP contribution in [0.25, 0.3) is 11.4 Å². The number of urea groups is 1. The minimum atomic E-state index is -3.67. The second-order valence-electron chi connectivity index (χ2n) is 7.59. The number of rotatable bonds is 8. The molecule has 180 valence electrons. The van der Waals surface area contributed by atoms with Gasteiger partial charge in [0.2, 0.25) is 15.9 Å². The van der Waals surface area contributed by atoms with E-state index in [1.165, 1.54) is 4.31 Å². The smallest absolute Gasteiger partial charge is 0.318 e.